The number of hydrogen-bond acceptors (Lipinski definition) is 7. The first kappa shape index (κ1) is 30.9. The Morgan fingerprint density at radius 3 is 2.44 bits per heavy atom. The van der Waals surface area contributed by atoms with Crippen LogP contribution in [-0.4, -0.2) is 72.7 Å². The number of nitrogens with zero attached hydrogens (tertiary/aromatic N) is 1. The van der Waals surface area contributed by atoms with Gasteiger partial charge in [-0.25, -0.2) is 13.2 Å². The molecule has 3 rings (SSSR count). The van der Waals surface area contributed by atoms with Crippen molar-refractivity contribution in [1.82, 2.24) is 20.3 Å². The highest BCUT2D eigenvalue weighted by Gasteiger charge is 2.61. The number of nitrogens with one attached hydrogen (secondary N) is 3. The minimum atomic E-state index is -3.79. The molecule has 0 aromatic carbocycles. The van der Waals surface area contributed by atoms with Crippen LogP contribution in [0.5, 0.6) is 0 Å². The lowest BCUT2D eigenvalue weighted by Crippen LogP contribution is -2.57. The van der Waals surface area contributed by atoms with Crippen LogP contribution in [0.25, 0.3) is 0 Å². The second kappa shape index (κ2) is 12.7. The summed E-state index contributed by atoms with van der Waals surface area (Å²) in [6.45, 7) is 7.29. The first-order valence-electron chi connectivity index (χ1n) is 14.1. The van der Waals surface area contributed by atoms with E-state index in [0.29, 0.717) is 32.2 Å². The second-order valence-electron chi connectivity index (χ2n) is 11.8. The summed E-state index contributed by atoms with van der Waals surface area (Å²) >= 11 is 0. The molecule has 3 fully saturated rings. The van der Waals surface area contributed by atoms with Crippen molar-refractivity contribution in [3.8, 4) is 0 Å². The molecule has 4 amide bonds. The van der Waals surface area contributed by atoms with Gasteiger partial charge in [0.2, 0.25) is 21.8 Å². The number of likely N-dealkylation sites (tertiary alicyclic amines) is 1. The summed E-state index contributed by atoms with van der Waals surface area (Å²) in [4.78, 5) is 52.8. The van der Waals surface area contributed by atoms with Crippen LogP contribution in [0.4, 0.5) is 4.79 Å². The van der Waals surface area contributed by atoms with E-state index in [4.69, 9.17) is 4.74 Å². The fraction of sp³-hybridized carbons (Fsp3) is 0.778. The van der Waals surface area contributed by atoms with E-state index in [1.54, 1.807) is 20.8 Å². The van der Waals surface area contributed by atoms with Crippen LogP contribution in [0.2, 0.25) is 0 Å². The van der Waals surface area contributed by atoms with Crippen molar-refractivity contribution in [2.45, 2.75) is 114 Å². The monoisotopic (exact) mass is 568 g/mol. The van der Waals surface area contributed by atoms with E-state index in [1.807, 2.05) is 12.2 Å². The zero-order valence-electron chi connectivity index (χ0n) is 23.6. The summed E-state index contributed by atoms with van der Waals surface area (Å²) in [7, 11) is -3.79. The summed E-state index contributed by atoms with van der Waals surface area (Å²) in [5.41, 5.74) is -2.08. The molecule has 3 atom stereocenters. The third-order valence-corrected chi connectivity index (χ3v) is 9.03. The van der Waals surface area contributed by atoms with Gasteiger partial charge in [0.25, 0.3) is 5.91 Å². The molecule has 1 aliphatic heterocycles. The molecule has 0 bridgehead atoms. The number of ether oxygens (including phenoxy) is 1. The third-order valence-electron chi connectivity index (χ3n) is 7.22. The molecule has 2 aliphatic carbocycles. The Bertz CT molecular complexity index is 1060. The van der Waals surface area contributed by atoms with E-state index in [2.05, 4.69) is 22.3 Å². The lowest BCUT2D eigenvalue weighted by atomic mass is 10.1. The highest BCUT2D eigenvalue weighted by molar-refractivity contribution is 7.91. The number of carbonyl (C=O) groups excluding carboxylic acids is 4. The van der Waals surface area contributed by atoms with Crippen LogP contribution in [-0.2, 0) is 29.1 Å². The number of allylic oxidation sites excluding steroid dienone is 1. The van der Waals surface area contributed by atoms with Gasteiger partial charge in [-0.2, -0.15) is 0 Å². The van der Waals surface area contributed by atoms with Crippen LogP contribution in [0.1, 0.15) is 91.9 Å². The average molecular weight is 569 g/mol. The fourth-order valence-electron chi connectivity index (χ4n) is 4.82. The van der Waals surface area contributed by atoms with Gasteiger partial charge in [0, 0.05) is 12.5 Å². The molecule has 3 aliphatic rings. The maximum absolute atomic E-state index is 13.4. The molecule has 39 heavy (non-hydrogen) atoms. The maximum Gasteiger partial charge on any atom is 0.408 e. The zero-order chi connectivity index (χ0) is 28.8. The van der Waals surface area contributed by atoms with E-state index < -0.39 is 56.3 Å². The molecule has 0 aromatic rings. The lowest BCUT2D eigenvalue weighted by Gasteiger charge is -2.27. The van der Waals surface area contributed by atoms with Crippen molar-refractivity contribution >= 4 is 33.8 Å². The van der Waals surface area contributed by atoms with Crippen molar-refractivity contribution in [2.24, 2.45) is 5.92 Å². The number of rotatable bonds is 13. The SMILES string of the molecule is CCCCCC/C=C\[C@@H]1C[C@]1(NC(=O)[C@@H]1CCCN1C(=O)CNC(=O)OC(C)(C)C)C(=O)NS(=O)(=O)C1CC1. The average Bonchev–Trinajstić information content (AvgIpc) is 3.75. The quantitative estimate of drug-likeness (QED) is 0.228. The molecule has 220 valence electrons. The molecular weight excluding hydrogens is 524 g/mol. The molecule has 1 heterocycles. The molecular formula is C27H44N4O7S. The van der Waals surface area contributed by atoms with Crippen LogP contribution in [0, 0.1) is 5.92 Å². The zero-order valence-corrected chi connectivity index (χ0v) is 24.4. The number of unbranched alkanes of at least 4 members (excludes halogenated alkanes) is 4. The van der Waals surface area contributed by atoms with Gasteiger partial charge < -0.3 is 20.3 Å². The van der Waals surface area contributed by atoms with Gasteiger partial charge >= 0.3 is 6.09 Å². The van der Waals surface area contributed by atoms with Gasteiger partial charge in [0.15, 0.2) is 0 Å². The molecule has 11 nitrogen and oxygen atoms in total. The molecule has 0 spiro atoms. The van der Waals surface area contributed by atoms with Crippen LogP contribution < -0.4 is 15.4 Å². The smallest absolute Gasteiger partial charge is 0.408 e. The minimum Gasteiger partial charge on any atom is -0.444 e. The minimum absolute atomic E-state index is 0.289. The summed E-state index contributed by atoms with van der Waals surface area (Å²) in [6, 6.07) is -0.818. The first-order chi connectivity index (χ1) is 18.3. The van der Waals surface area contributed by atoms with Crippen LogP contribution >= 0.6 is 0 Å². The van der Waals surface area contributed by atoms with Gasteiger partial charge in [-0.15, -0.1) is 0 Å². The molecule has 0 unspecified atom stereocenters. The van der Waals surface area contributed by atoms with Crippen LogP contribution in [0.3, 0.4) is 0 Å². The predicted octanol–water partition coefficient (Wildman–Crippen LogP) is 2.51. The Labute approximate surface area is 231 Å². The van der Waals surface area contributed by atoms with E-state index in [9.17, 15) is 27.6 Å². The van der Waals surface area contributed by atoms with Gasteiger partial charge in [0.1, 0.15) is 23.7 Å². The van der Waals surface area contributed by atoms with Gasteiger partial charge in [0.05, 0.1) is 5.25 Å². The van der Waals surface area contributed by atoms with Crippen molar-refractivity contribution < 1.29 is 32.3 Å². The van der Waals surface area contributed by atoms with Gasteiger partial charge in [-0.05, 0) is 65.7 Å². The number of hydrogen-bond donors (Lipinski definition) is 3. The molecule has 0 radical (unpaired) electrons. The number of sulfonamides is 1. The van der Waals surface area contributed by atoms with E-state index in [1.165, 1.54) is 4.90 Å². The van der Waals surface area contributed by atoms with E-state index >= 15 is 0 Å². The Hall–Kier alpha value is -2.63. The molecule has 1 saturated heterocycles. The fourth-order valence-corrected chi connectivity index (χ4v) is 6.18. The van der Waals surface area contributed by atoms with Gasteiger partial charge in [-0.1, -0.05) is 38.3 Å². The number of alkyl carbamates (subject to hydrolysis) is 1. The maximum atomic E-state index is 13.4. The number of amides is 4. The van der Waals surface area contributed by atoms with Crippen molar-refractivity contribution in [3.05, 3.63) is 12.2 Å². The summed E-state index contributed by atoms with van der Waals surface area (Å²) in [6.07, 6.45) is 10.7. The topological polar surface area (TPSA) is 151 Å². The highest BCUT2D eigenvalue weighted by atomic mass is 32.2. The number of carbonyl (C=O) groups is 4. The second-order valence-corrected chi connectivity index (χ2v) is 13.8. The summed E-state index contributed by atoms with van der Waals surface area (Å²) in [5.74, 6) is -2.00. The van der Waals surface area contributed by atoms with Crippen molar-refractivity contribution in [2.75, 3.05) is 13.1 Å². The normalized spacial score (nSPS) is 24.9. The third kappa shape index (κ3) is 8.68. The van der Waals surface area contributed by atoms with Crippen LogP contribution in [0.15, 0.2) is 12.2 Å². The van der Waals surface area contributed by atoms with E-state index in [-0.39, 0.29) is 18.9 Å². The first-order valence-corrected chi connectivity index (χ1v) is 15.6. The Morgan fingerprint density at radius 2 is 1.79 bits per heavy atom. The predicted molar refractivity (Wildman–Crippen MR) is 146 cm³/mol. The highest BCUT2D eigenvalue weighted by Crippen LogP contribution is 2.46. The Morgan fingerprint density at radius 1 is 1.08 bits per heavy atom. The Balaban J connectivity index is 1.64. The van der Waals surface area contributed by atoms with E-state index in [0.717, 1.165) is 32.1 Å². The largest absolute Gasteiger partial charge is 0.444 e. The standard InChI is InChI=1S/C27H44N4O7S/c1-5-6-7-8-9-10-12-19-17-27(19,24(34)30-39(36,37)20-14-15-20)29-23(33)21-13-11-16-31(21)22(32)18-28-25(35)38-26(2,3)4/h10,12,19-21H,5-9,11,13-18H2,1-4H3,(H,28,35)(H,29,33)(H,30,34)/b12-10-/t19-,21+,27-/m1/s1. The Kier molecular flexibility index (Phi) is 10.1. The van der Waals surface area contributed by atoms with Crippen molar-refractivity contribution in [1.29, 1.82) is 0 Å². The van der Waals surface area contributed by atoms with Gasteiger partial charge in [-0.3, -0.25) is 19.1 Å². The molecule has 3 N–H and O–H groups in total. The summed E-state index contributed by atoms with van der Waals surface area (Å²) < 4.78 is 32.3. The molecule has 2 saturated carbocycles. The van der Waals surface area contributed by atoms with Crippen molar-refractivity contribution in [3.63, 3.8) is 0 Å². The lowest BCUT2D eigenvalue weighted by molar-refractivity contribution is -0.139. The molecule has 0 aromatic heterocycles. The summed E-state index contributed by atoms with van der Waals surface area (Å²) in [5, 5.41) is 4.66. The molecule has 12 heteroatoms.